The van der Waals surface area contributed by atoms with Crippen molar-refractivity contribution in [3.8, 4) is 11.3 Å². The Balaban J connectivity index is 2.50. The molecule has 0 radical (unpaired) electrons. The molecule has 2 aromatic rings. The lowest BCUT2D eigenvalue weighted by Crippen LogP contribution is -1.95. The van der Waals surface area contributed by atoms with Crippen molar-refractivity contribution in [1.29, 1.82) is 0 Å². The van der Waals surface area contributed by atoms with E-state index in [4.69, 9.17) is 5.11 Å². The highest BCUT2D eigenvalue weighted by atomic mass is 16.4. The van der Waals surface area contributed by atoms with Crippen LogP contribution in [0, 0.1) is 0 Å². The lowest BCUT2D eigenvalue weighted by atomic mass is 9.98. The molecule has 0 unspecified atom stereocenters. The first-order valence-corrected chi connectivity index (χ1v) is 6.06. The van der Waals surface area contributed by atoms with Crippen molar-refractivity contribution in [3.05, 3.63) is 41.1 Å². The van der Waals surface area contributed by atoms with Crippen LogP contribution in [0.4, 0.5) is 0 Å². The van der Waals surface area contributed by atoms with Crippen molar-refractivity contribution < 1.29 is 9.90 Å². The molecular formula is C14H16N2O2. The summed E-state index contributed by atoms with van der Waals surface area (Å²) in [4.78, 5) is 10.9. The molecule has 0 bridgehead atoms. The van der Waals surface area contributed by atoms with E-state index < -0.39 is 5.97 Å². The summed E-state index contributed by atoms with van der Waals surface area (Å²) in [5.41, 5.74) is 4.23. The molecule has 0 spiro atoms. The van der Waals surface area contributed by atoms with Crippen LogP contribution in [0.2, 0.25) is 0 Å². The van der Waals surface area contributed by atoms with E-state index in [-0.39, 0.29) is 5.69 Å². The quantitative estimate of drug-likeness (QED) is 0.869. The van der Waals surface area contributed by atoms with Crippen LogP contribution < -0.4 is 0 Å². The number of nitrogens with one attached hydrogen (secondary N) is 1. The smallest absolute Gasteiger partial charge is 0.353 e. The lowest BCUT2D eigenvalue weighted by Gasteiger charge is -2.07. The number of aryl methyl sites for hydroxylation is 2. The average molecular weight is 244 g/mol. The molecule has 0 aliphatic heterocycles. The van der Waals surface area contributed by atoms with Crippen LogP contribution in [-0.4, -0.2) is 21.3 Å². The van der Waals surface area contributed by atoms with Gasteiger partial charge in [0.15, 0.2) is 0 Å². The molecule has 2 rings (SSSR count). The summed E-state index contributed by atoms with van der Waals surface area (Å²) < 4.78 is 0. The average Bonchev–Trinajstić information content (AvgIpc) is 2.87. The van der Waals surface area contributed by atoms with Gasteiger partial charge >= 0.3 is 5.97 Å². The topological polar surface area (TPSA) is 66.0 Å². The van der Waals surface area contributed by atoms with Gasteiger partial charge < -0.3 is 5.11 Å². The van der Waals surface area contributed by atoms with Gasteiger partial charge in [-0.1, -0.05) is 26.0 Å². The minimum atomic E-state index is -0.988. The third-order valence-corrected chi connectivity index (χ3v) is 3.05. The van der Waals surface area contributed by atoms with Gasteiger partial charge in [0.25, 0.3) is 0 Å². The number of carboxylic acid groups (broad SMARTS) is 1. The summed E-state index contributed by atoms with van der Waals surface area (Å²) in [5, 5.41) is 15.5. The second-order valence-corrected chi connectivity index (χ2v) is 4.17. The Kier molecular flexibility index (Phi) is 3.46. The molecule has 1 aromatic carbocycles. The van der Waals surface area contributed by atoms with Gasteiger partial charge in [0.2, 0.25) is 0 Å². The molecule has 1 aromatic heterocycles. The zero-order chi connectivity index (χ0) is 13.1. The molecule has 4 heteroatoms. The minimum Gasteiger partial charge on any atom is -0.477 e. The van der Waals surface area contributed by atoms with Gasteiger partial charge in [-0.2, -0.15) is 5.10 Å². The molecule has 0 amide bonds. The third-order valence-electron chi connectivity index (χ3n) is 3.05. The number of benzene rings is 1. The zero-order valence-electron chi connectivity index (χ0n) is 10.5. The van der Waals surface area contributed by atoms with E-state index in [2.05, 4.69) is 42.2 Å². The van der Waals surface area contributed by atoms with Crippen LogP contribution in [0.3, 0.4) is 0 Å². The van der Waals surface area contributed by atoms with Gasteiger partial charge in [-0.3, -0.25) is 5.10 Å². The molecule has 1 heterocycles. The molecule has 0 saturated heterocycles. The number of carbonyl (C=O) groups is 1. The molecule has 0 aliphatic carbocycles. The van der Waals surface area contributed by atoms with Crippen molar-refractivity contribution in [2.24, 2.45) is 0 Å². The summed E-state index contributed by atoms with van der Waals surface area (Å²) in [6.07, 6.45) is 1.85. The monoisotopic (exact) mass is 244 g/mol. The van der Waals surface area contributed by atoms with Gasteiger partial charge in [-0.05, 0) is 36.1 Å². The van der Waals surface area contributed by atoms with Crippen LogP contribution >= 0.6 is 0 Å². The molecule has 0 fully saturated rings. The number of aromatic carboxylic acids is 1. The van der Waals surface area contributed by atoms with Gasteiger partial charge in [0.05, 0.1) is 5.69 Å². The second-order valence-electron chi connectivity index (χ2n) is 4.17. The van der Waals surface area contributed by atoms with Crippen molar-refractivity contribution >= 4 is 5.97 Å². The number of aromatic amines is 1. The Bertz CT molecular complexity index is 573. The predicted octanol–water partition coefficient (Wildman–Crippen LogP) is 2.90. The van der Waals surface area contributed by atoms with E-state index in [1.165, 1.54) is 11.1 Å². The minimum absolute atomic E-state index is 0.119. The number of carboxylic acids is 1. The summed E-state index contributed by atoms with van der Waals surface area (Å²) in [5.74, 6) is -0.988. The van der Waals surface area contributed by atoms with E-state index in [1.54, 1.807) is 6.07 Å². The molecule has 18 heavy (non-hydrogen) atoms. The second kappa shape index (κ2) is 5.04. The van der Waals surface area contributed by atoms with Crippen LogP contribution in [-0.2, 0) is 12.8 Å². The van der Waals surface area contributed by atoms with Gasteiger partial charge in [-0.25, -0.2) is 4.79 Å². The van der Waals surface area contributed by atoms with Gasteiger partial charge in [0.1, 0.15) is 5.69 Å². The molecule has 0 saturated carbocycles. The third kappa shape index (κ3) is 2.27. The number of rotatable bonds is 4. The fourth-order valence-electron chi connectivity index (χ4n) is 1.96. The molecule has 2 N–H and O–H groups in total. The summed E-state index contributed by atoms with van der Waals surface area (Å²) >= 11 is 0. The van der Waals surface area contributed by atoms with E-state index in [1.807, 2.05) is 0 Å². The zero-order valence-corrected chi connectivity index (χ0v) is 10.5. The lowest BCUT2D eigenvalue weighted by molar-refractivity contribution is 0.0690. The summed E-state index contributed by atoms with van der Waals surface area (Å²) in [6, 6.07) is 7.85. The van der Waals surface area contributed by atoms with Gasteiger partial charge in [-0.15, -0.1) is 0 Å². The number of hydrogen-bond donors (Lipinski definition) is 2. The van der Waals surface area contributed by atoms with Crippen LogP contribution in [0.25, 0.3) is 11.3 Å². The molecule has 4 nitrogen and oxygen atoms in total. The van der Waals surface area contributed by atoms with E-state index in [0.29, 0.717) is 5.69 Å². The van der Waals surface area contributed by atoms with E-state index >= 15 is 0 Å². The molecule has 0 aliphatic rings. The Hall–Kier alpha value is -2.10. The molecule has 0 atom stereocenters. The first-order valence-electron chi connectivity index (χ1n) is 6.06. The van der Waals surface area contributed by atoms with Crippen molar-refractivity contribution in [2.45, 2.75) is 26.7 Å². The Morgan fingerprint density at radius 1 is 1.28 bits per heavy atom. The fraction of sp³-hybridized carbons (Fsp3) is 0.286. The van der Waals surface area contributed by atoms with Crippen molar-refractivity contribution in [3.63, 3.8) is 0 Å². The number of nitrogens with zero attached hydrogens (tertiary/aromatic N) is 1. The number of hydrogen-bond acceptors (Lipinski definition) is 2. The first-order chi connectivity index (χ1) is 8.65. The Morgan fingerprint density at radius 2 is 2.06 bits per heavy atom. The molecule has 94 valence electrons. The maximum absolute atomic E-state index is 10.9. The Morgan fingerprint density at radius 3 is 2.61 bits per heavy atom. The number of aromatic nitrogens is 2. The van der Waals surface area contributed by atoms with Crippen LogP contribution in [0.5, 0.6) is 0 Å². The maximum Gasteiger partial charge on any atom is 0.353 e. The predicted molar refractivity (Wildman–Crippen MR) is 69.7 cm³/mol. The van der Waals surface area contributed by atoms with Crippen molar-refractivity contribution in [2.75, 3.05) is 0 Å². The van der Waals surface area contributed by atoms with Gasteiger partial charge in [0, 0.05) is 5.56 Å². The van der Waals surface area contributed by atoms with E-state index in [0.717, 1.165) is 18.4 Å². The van der Waals surface area contributed by atoms with Crippen molar-refractivity contribution in [1.82, 2.24) is 10.2 Å². The standard InChI is InChI=1S/C14H16N2O2/c1-3-9-5-6-10(4-2)11(7-9)12-8-13(14(17)18)16-15-12/h5-8H,3-4H2,1-2H3,(H,15,16)(H,17,18). The van der Waals surface area contributed by atoms with E-state index in [9.17, 15) is 4.79 Å². The highest BCUT2D eigenvalue weighted by Crippen LogP contribution is 2.24. The normalized spacial score (nSPS) is 10.6. The summed E-state index contributed by atoms with van der Waals surface area (Å²) in [6.45, 7) is 4.17. The first kappa shape index (κ1) is 12.4. The summed E-state index contributed by atoms with van der Waals surface area (Å²) in [7, 11) is 0. The Labute approximate surface area is 106 Å². The fourth-order valence-corrected chi connectivity index (χ4v) is 1.96. The largest absolute Gasteiger partial charge is 0.477 e. The maximum atomic E-state index is 10.9. The highest BCUT2D eigenvalue weighted by molar-refractivity contribution is 5.87. The number of H-pyrrole nitrogens is 1. The van der Waals surface area contributed by atoms with Crippen LogP contribution in [0.1, 0.15) is 35.5 Å². The SMILES string of the molecule is CCc1ccc(CC)c(-c2cc(C(=O)O)[nH]n2)c1. The van der Waals surface area contributed by atoms with Crippen LogP contribution in [0.15, 0.2) is 24.3 Å². The highest BCUT2D eigenvalue weighted by Gasteiger charge is 2.12. The molecular weight excluding hydrogens is 228 g/mol.